The minimum absolute atomic E-state index is 0.117. The molecule has 2 nitrogen and oxygen atoms in total. The molecule has 0 aromatic heterocycles. The fourth-order valence-electron chi connectivity index (χ4n) is 5.49. The number of hydrogen-bond acceptors (Lipinski definition) is 1. The molecule has 146 valence electrons. The van der Waals surface area contributed by atoms with Crippen molar-refractivity contribution in [1.82, 2.24) is 0 Å². The van der Waals surface area contributed by atoms with E-state index in [-0.39, 0.29) is 10.8 Å². The highest BCUT2D eigenvalue weighted by Gasteiger charge is 2.48. The Balaban J connectivity index is 2.06. The van der Waals surface area contributed by atoms with Crippen LogP contribution >= 0.6 is 0 Å². The molecule has 0 radical (unpaired) electrons. The fraction of sp³-hybridized carbons (Fsp3) is 0.296. The van der Waals surface area contributed by atoms with Crippen LogP contribution in [0.3, 0.4) is 0 Å². The van der Waals surface area contributed by atoms with Crippen molar-refractivity contribution in [3.63, 3.8) is 0 Å². The molecule has 0 saturated carbocycles. The molecule has 3 aliphatic rings. The van der Waals surface area contributed by atoms with Crippen molar-refractivity contribution in [2.24, 2.45) is 0 Å². The minimum Gasteiger partial charge on any atom is -0.496 e. The average molecular weight is 384 g/mol. The van der Waals surface area contributed by atoms with E-state index < -0.39 is 0 Å². The minimum atomic E-state index is -0.117. The summed E-state index contributed by atoms with van der Waals surface area (Å²) in [7, 11) is 3.53. The van der Waals surface area contributed by atoms with E-state index in [0.29, 0.717) is 0 Å². The van der Waals surface area contributed by atoms with Crippen LogP contribution in [0.4, 0.5) is 0 Å². The van der Waals surface area contributed by atoms with Gasteiger partial charge in [-0.3, -0.25) is 4.42 Å². The molecule has 2 heteroatoms. The molecule has 0 aliphatic heterocycles. The number of methoxy groups -OCH3 is 1. The topological polar surface area (TPSA) is 20.5 Å². The van der Waals surface area contributed by atoms with Gasteiger partial charge in [0.1, 0.15) is 5.75 Å². The average Bonchev–Trinajstić information content (AvgIpc) is 2.72. The van der Waals surface area contributed by atoms with Gasteiger partial charge >= 0.3 is 5.78 Å². The first-order valence-corrected chi connectivity index (χ1v) is 10.2. The molecule has 3 aliphatic carbocycles. The molecule has 0 heterocycles. The van der Waals surface area contributed by atoms with Gasteiger partial charge in [-0.1, -0.05) is 70.2 Å². The van der Waals surface area contributed by atoms with Crippen molar-refractivity contribution in [3.8, 4) is 5.75 Å². The van der Waals surface area contributed by atoms with Crippen LogP contribution in [-0.2, 0) is 15.3 Å². The smallest absolute Gasteiger partial charge is 0.351 e. The molecular formula is C27H27O2+. The lowest BCUT2D eigenvalue weighted by Gasteiger charge is -2.45. The van der Waals surface area contributed by atoms with Gasteiger partial charge in [-0.05, 0) is 33.9 Å². The van der Waals surface area contributed by atoms with Crippen molar-refractivity contribution in [2.45, 2.75) is 38.5 Å². The van der Waals surface area contributed by atoms with Gasteiger partial charge in [0.25, 0.3) is 7.11 Å². The van der Waals surface area contributed by atoms with Gasteiger partial charge in [-0.15, -0.1) is 0 Å². The van der Waals surface area contributed by atoms with Crippen molar-refractivity contribution in [1.29, 1.82) is 0 Å². The molecule has 0 unspecified atom stereocenters. The fourth-order valence-corrected chi connectivity index (χ4v) is 5.49. The van der Waals surface area contributed by atoms with Crippen molar-refractivity contribution >= 4 is 11.4 Å². The predicted octanol–water partition coefficient (Wildman–Crippen LogP) is 5.66. The highest BCUT2D eigenvalue weighted by Crippen LogP contribution is 2.58. The van der Waals surface area contributed by atoms with Crippen LogP contribution < -0.4 is 4.74 Å². The summed E-state index contributed by atoms with van der Waals surface area (Å²) in [5, 5.41) is 0. The highest BCUT2D eigenvalue weighted by atomic mass is 16.5. The van der Waals surface area contributed by atoms with E-state index in [4.69, 9.17) is 9.16 Å². The number of fused-ring (bicyclic) bond motifs is 3. The third-order valence-electron chi connectivity index (χ3n) is 7.00. The first-order valence-electron chi connectivity index (χ1n) is 10.2. The second-order valence-electron chi connectivity index (χ2n) is 9.12. The Bertz CT molecular complexity index is 1180. The maximum atomic E-state index is 5.90. The van der Waals surface area contributed by atoms with E-state index in [9.17, 15) is 0 Å². The quantitative estimate of drug-likeness (QED) is 0.582. The number of ether oxygens (including phenoxy) is 1. The zero-order valence-corrected chi connectivity index (χ0v) is 18.0. The van der Waals surface area contributed by atoms with E-state index in [0.717, 1.165) is 11.5 Å². The van der Waals surface area contributed by atoms with E-state index in [1.807, 2.05) is 0 Å². The van der Waals surface area contributed by atoms with Crippen LogP contribution in [-0.4, -0.2) is 20.0 Å². The van der Waals surface area contributed by atoms with Gasteiger partial charge in [0.15, 0.2) is 0 Å². The Labute approximate surface area is 172 Å². The summed E-state index contributed by atoms with van der Waals surface area (Å²) in [6.45, 7) is 9.29. The van der Waals surface area contributed by atoms with Crippen LogP contribution in [0.2, 0.25) is 0 Å². The highest BCUT2D eigenvalue weighted by molar-refractivity contribution is 6.19. The third kappa shape index (κ3) is 2.15. The molecule has 29 heavy (non-hydrogen) atoms. The van der Waals surface area contributed by atoms with Gasteiger partial charge < -0.3 is 4.74 Å². The summed E-state index contributed by atoms with van der Waals surface area (Å²) >= 11 is 0. The summed E-state index contributed by atoms with van der Waals surface area (Å²) in [5.74, 6) is 1.84. The van der Waals surface area contributed by atoms with Crippen molar-refractivity contribution in [3.05, 3.63) is 93.6 Å². The van der Waals surface area contributed by atoms with Crippen LogP contribution in [0.25, 0.3) is 5.57 Å². The monoisotopic (exact) mass is 383 g/mol. The van der Waals surface area contributed by atoms with Crippen molar-refractivity contribution in [2.75, 3.05) is 14.2 Å². The SMILES string of the molecule is COc1cccc2c1C1=C3C(=CC=CC3=[O+]C)C(C)(C)c3cccc(c31)C2(C)C. The summed E-state index contributed by atoms with van der Waals surface area (Å²) in [6, 6.07) is 13.2. The van der Waals surface area contributed by atoms with E-state index >= 15 is 0 Å². The molecule has 5 rings (SSSR count). The van der Waals surface area contributed by atoms with E-state index in [1.165, 1.54) is 44.5 Å². The maximum absolute atomic E-state index is 5.90. The van der Waals surface area contributed by atoms with Crippen molar-refractivity contribution < 1.29 is 9.16 Å². The van der Waals surface area contributed by atoms with Crippen LogP contribution in [0.5, 0.6) is 5.75 Å². The van der Waals surface area contributed by atoms with Crippen LogP contribution in [0.15, 0.2) is 65.8 Å². The first-order chi connectivity index (χ1) is 13.8. The number of allylic oxidation sites excluding steroid dienone is 5. The molecule has 0 bridgehead atoms. The van der Waals surface area contributed by atoms with E-state index in [1.54, 1.807) is 14.2 Å². The maximum Gasteiger partial charge on any atom is 0.351 e. The second kappa shape index (κ2) is 5.82. The lowest BCUT2D eigenvalue weighted by molar-refractivity contribution is -0.418. The zero-order chi connectivity index (χ0) is 20.6. The molecule has 0 atom stereocenters. The van der Waals surface area contributed by atoms with Crippen LogP contribution in [0, 0.1) is 0 Å². The summed E-state index contributed by atoms with van der Waals surface area (Å²) in [5.41, 5.74) is 10.1. The first kappa shape index (κ1) is 18.2. The summed E-state index contributed by atoms with van der Waals surface area (Å²) in [4.78, 5) is 0. The molecule has 0 saturated heterocycles. The molecule has 0 N–H and O–H groups in total. The number of rotatable bonds is 1. The lowest BCUT2D eigenvalue weighted by Crippen LogP contribution is -2.37. The van der Waals surface area contributed by atoms with Gasteiger partial charge in [-0.2, -0.15) is 0 Å². The Hall–Kier alpha value is -2.87. The Kier molecular flexibility index (Phi) is 3.65. The van der Waals surface area contributed by atoms with Crippen LogP contribution in [0.1, 0.15) is 55.5 Å². The van der Waals surface area contributed by atoms with Gasteiger partial charge in [0, 0.05) is 28.0 Å². The third-order valence-corrected chi connectivity index (χ3v) is 7.00. The molecule has 2 aromatic rings. The predicted molar refractivity (Wildman–Crippen MR) is 119 cm³/mol. The normalized spacial score (nSPS) is 21.3. The molecule has 2 aromatic carbocycles. The number of carbonyl (C=O) groups excluding carboxylic acids is 1. The standard InChI is InChI=1S/C27H27O2/c1-26(2)16-10-7-11-17-22(16)25(23-18(26)12-8-14-20(23)28-5)24-19(27(17,3)4)13-9-15-21(24)29-6/h7-15H,1-6H3/q+1. The Morgan fingerprint density at radius 2 is 1.41 bits per heavy atom. The van der Waals surface area contributed by atoms with E-state index in [2.05, 4.69) is 82.3 Å². The molecule has 0 amide bonds. The van der Waals surface area contributed by atoms with Gasteiger partial charge in [0.2, 0.25) is 0 Å². The Morgan fingerprint density at radius 1 is 0.793 bits per heavy atom. The summed E-state index contributed by atoms with van der Waals surface area (Å²) in [6.07, 6.45) is 6.42. The zero-order valence-electron chi connectivity index (χ0n) is 18.0. The second-order valence-corrected chi connectivity index (χ2v) is 9.12. The Morgan fingerprint density at radius 3 is 2.07 bits per heavy atom. The van der Waals surface area contributed by atoms with Gasteiger partial charge in [0.05, 0.1) is 12.7 Å². The summed E-state index contributed by atoms with van der Waals surface area (Å²) < 4.78 is 11.8. The molecular weight excluding hydrogens is 356 g/mol. The molecule has 0 fully saturated rings. The number of benzene rings is 2. The lowest BCUT2D eigenvalue weighted by atomic mass is 9.57. The van der Waals surface area contributed by atoms with Gasteiger partial charge in [-0.25, -0.2) is 0 Å². The number of hydrogen-bond donors (Lipinski definition) is 0. The molecule has 0 spiro atoms. The largest absolute Gasteiger partial charge is 0.496 e. The number of ketones is 1.